The largest absolute Gasteiger partial charge is 0.494 e. The van der Waals surface area contributed by atoms with Crippen molar-refractivity contribution in [2.24, 2.45) is 4.99 Å². The molecule has 7 nitrogen and oxygen atoms in total. The van der Waals surface area contributed by atoms with Gasteiger partial charge in [-0.3, -0.25) is 19.3 Å². The molecule has 0 amide bonds. The number of carbonyl (C=O) groups is 1. The van der Waals surface area contributed by atoms with Crippen molar-refractivity contribution >= 4 is 47.8 Å². The summed E-state index contributed by atoms with van der Waals surface area (Å²) in [4.78, 5) is 29.8. The number of aromatic hydroxyl groups is 1. The second-order valence-electron chi connectivity index (χ2n) is 5.22. The normalized spacial score (nSPS) is 12.4. The SMILES string of the molecule is CSCC[C@@H](N=Cc1c(O)n(-c2ccc(Cl)cc2)c(=S)[nH]c1=O)C(=O)O. The van der Waals surface area contributed by atoms with E-state index in [2.05, 4.69) is 9.98 Å². The summed E-state index contributed by atoms with van der Waals surface area (Å²) in [6.45, 7) is 0. The van der Waals surface area contributed by atoms with Crippen molar-refractivity contribution in [3.63, 3.8) is 0 Å². The van der Waals surface area contributed by atoms with Crippen LogP contribution in [0.1, 0.15) is 12.0 Å². The van der Waals surface area contributed by atoms with Gasteiger partial charge >= 0.3 is 5.97 Å². The molecule has 1 heterocycles. The number of aliphatic imine (C=N–C) groups is 1. The number of aromatic amines is 1. The number of aromatic nitrogens is 2. The Balaban J connectivity index is 2.49. The number of nitrogens with zero attached hydrogens (tertiary/aromatic N) is 2. The molecule has 0 radical (unpaired) electrons. The number of H-pyrrole nitrogens is 1. The Morgan fingerprint density at radius 2 is 2.12 bits per heavy atom. The zero-order valence-corrected chi connectivity index (χ0v) is 16.1. The van der Waals surface area contributed by atoms with Gasteiger partial charge in [-0.15, -0.1) is 0 Å². The van der Waals surface area contributed by atoms with E-state index in [0.29, 0.717) is 22.9 Å². The van der Waals surface area contributed by atoms with Crippen LogP contribution in [0.15, 0.2) is 34.1 Å². The number of carboxylic acids is 1. The molecule has 0 fully saturated rings. The van der Waals surface area contributed by atoms with Crippen LogP contribution in [-0.2, 0) is 4.79 Å². The number of thioether (sulfide) groups is 1. The van der Waals surface area contributed by atoms with Gasteiger partial charge < -0.3 is 10.2 Å². The number of carboxylic acid groups (broad SMARTS) is 1. The molecule has 0 saturated heterocycles. The van der Waals surface area contributed by atoms with Crippen molar-refractivity contribution in [3.8, 4) is 11.6 Å². The zero-order chi connectivity index (χ0) is 19.3. The second-order valence-corrected chi connectivity index (χ2v) is 7.03. The first-order valence-electron chi connectivity index (χ1n) is 7.44. The minimum Gasteiger partial charge on any atom is -0.494 e. The van der Waals surface area contributed by atoms with E-state index in [1.54, 1.807) is 24.3 Å². The van der Waals surface area contributed by atoms with Gasteiger partial charge in [0.05, 0.1) is 5.69 Å². The summed E-state index contributed by atoms with van der Waals surface area (Å²) in [5, 5.41) is 20.2. The summed E-state index contributed by atoms with van der Waals surface area (Å²) in [7, 11) is 0. The van der Waals surface area contributed by atoms with E-state index < -0.39 is 23.5 Å². The third-order valence-corrected chi connectivity index (χ3v) is 4.65. The molecule has 1 aromatic carbocycles. The van der Waals surface area contributed by atoms with Crippen LogP contribution in [0, 0.1) is 4.77 Å². The van der Waals surface area contributed by atoms with Gasteiger partial charge in [0, 0.05) is 11.2 Å². The van der Waals surface area contributed by atoms with Gasteiger partial charge in [0.25, 0.3) is 5.56 Å². The maximum atomic E-state index is 12.1. The quantitative estimate of drug-likeness (QED) is 0.476. The summed E-state index contributed by atoms with van der Waals surface area (Å²) < 4.78 is 1.23. The van der Waals surface area contributed by atoms with Gasteiger partial charge in [-0.05, 0) is 54.9 Å². The van der Waals surface area contributed by atoms with Crippen LogP contribution in [0.25, 0.3) is 5.69 Å². The molecular formula is C16H16ClN3O4S2. The van der Waals surface area contributed by atoms with E-state index in [0.717, 1.165) is 6.21 Å². The standard InChI is InChI=1S/C16H16ClN3O4S2/c1-26-7-6-12(15(23)24)18-8-11-13(21)19-16(25)20(14(11)22)10-4-2-9(17)3-5-10/h2-5,8,12,22H,6-7H2,1H3,(H,23,24)(H,19,21,25)/t12-/m1/s1. The molecule has 2 rings (SSSR count). The van der Waals surface area contributed by atoms with Crippen LogP contribution in [-0.4, -0.2) is 50.0 Å². The smallest absolute Gasteiger partial charge is 0.328 e. The van der Waals surface area contributed by atoms with Crippen molar-refractivity contribution in [3.05, 3.63) is 50.0 Å². The molecular weight excluding hydrogens is 398 g/mol. The van der Waals surface area contributed by atoms with Crippen molar-refractivity contribution in [2.75, 3.05) is 12.0 Å². The lowest BCUT2D eigenvalue weighted by atomic mass is 10.2. The Kier molecular flexibility index (Phi) is 7.01. The van der Waals surface area contributed by atoms with Crippen LogP contribution in [0.3, 0.4) is 0 Å². The summed E-state index contributed by atoms with van der Waals surface area (Å²) in [5.74, 6) is -0.928. The molecule has 0 saturated carbocycles. The summed E-state index contributed by atoms with van der Waals surface area (Å²) >= 11 is 12.5. The number of rotatable bonds is 7. The molecule has 1 aromatic heterocycles. The Morgan fingerprint density at radius 3 is 2.69 bits per heavy atom. The number of benzene rings is 1. The highest BCUT2D eigenvalue weighted by molar-refractivity contribution is 7.98. The highest BCUT2D eigenvalue weighted by Gasteiger charge is 2.17. The minimum absolute atomic E-state index is 0.0101. The Labute approximate surface area is 163 Å². The molecule has 0 aliphatic heterocycles. The molecule has 0 bridgehead atoms. The number of aliphatic carboxylic acids is 1. The van der Waals surface area contributed by atoms with Gasteiger partial charge in [-0.25, -0.2) is 4.79 Å². The van der Waals surface area contributed by atoms with E-state index in [4.69, 9.17) is 23.8 Å². The van der Waals surface area contributed by atoms with E-state index in [-0.39, 0.29) is 10.3 Å². The fourth-order valence-corrected chi connectivity index (χ4v) is 3.01. The van der Waals surface area contributed by atoms with E-state index >= 15 is 0 Å². The third kappa shape index (κ3) is 4.75. The molecule has 0 aliphatic rings. The molecule has 0 spiro atoms. The fourth-order valence-electron chi connectivity index (χ4n) is 2.14. The van der Waals surface area contributed by atoms with Crippen molar-refractivity contribution < 1.29 is 15.0 Å². The van der Waals surface area contributed by atoms with Crippen LogP contribution in [0.5, 0.6) is 5.88 Å². The summed E-state index contributed by atoms with van der Waals surface area (Å²) in [6, 6.07) is 5.46. The topological polar surface area (TPSA) is 108 Å². The maximum absolute atomic E-state index is 12.1. The van der Waals surface area contributed by atoms with Crippen LogP contribution in [0.2, 0.25) is 5.02 Å². The van der Waals surface area contributed by atoms with Crippen molar-refractivity contribution in [1.29, 1.82) is 0 Å². The van der Waals surface area contributed by atoms with Gasteiger partial charge in [-0.1, -0.05) is 11.6 Å². The van der Waals surface area contributed by atoms with Crippen molar-refractivity contribution in [2.45, 2.75) is 12.5 Å². The molecule has 138 valence electrons. The maximum Gasteiger partial charge on any atom is 0.328 e. The Bertz CT molecular complexity index is 938. The number of hydrogen-bond acceptors (Lipinski definition) is 6. The number of halogens is 1. The third-order valence-electron chi connectivity index (χ3n) is 3.47. The predicted molar refractivity (Wildman–Crippen MR) is 106 cm³/mol. The predicted octanol–water partition coefficient (Wildman–Crippen LogP) is 2.88. The number of nitrogens with one attached hydrogen (secondary N) is 1. The Hall–Kier alpha value is -2.10. The molecule has 3 N–H and O–H groups in total. The van der Waals surface area contributed by atoms with Gasteiger partial charge in [0.15, 0.2) is 4.77 Å². The lowest BCUT2D eigenvalue weighted by Gasteiger charge is -2.11. The first kappa shape index (κ1) is 20.2. The minimum atomic E-state index is -1.10. The van der Waals surface area contributed by atoms with Crippen LogP contribution >= 0.6 is 35.6 Å². The van der Waals surface area contributed by atoms with Gasteiger partial charge in [-0.2, -0.15) is 11.8 Å². The average Bonchev–Trinajstić information content (AvgIpc) is 2.58. The first-order valence-corrected chi connectivity index (χ1v) is 9.62. The highest BCUT2D eigenvalue weighted by atomic mass is 35.5. The van der Waals surface area contributed by atoms with Gasteiger partial charge in [0.1, 0.15) is 11.6 Å². The Morgan fingerprint density at radius 1 is 1.46 bits per heavy atom. The first-order chi connectivity index (χ1) is 12.3. The van der Waals surface area contributed by atoms with Crippen LogP contribution in [0.4, 0.5) is 0 Å². The molecule has 26 heavy (non-hydrogen) atoms. The monoisotopic (exact) mass is 413 g/mol. The molecule has 0 unspecified atom stereocenters. The molecule has 10 heteroatoms. The second kappa shape index (κ2) is 9.02. The molecule has 1 atom stereocenters. The summed E-state index contributed by atoms with van der Waals surface area (Å²) in [5.41, 5.74) is -0.348. The van der Waals surface area contributed by atoms with E-state index in [1.807, 2.05) is 6.26 Å². The van der Waals surface area contributed by atoms with E-state index in [1.165, 1.54) is 16.3 Å². The molecule has 0 aliphatic carbocycles. The van der Waals surface area contributed by atoms with E-state index in [9.17, 15) is 19.8 Å². The number of hydrogen-bond donors (Lipinski definition) is 3. The average molecular weight is 414 g/mol. The highest BCUT2D eigenvalue weighted by Crippen LogP contribution is 2.20. The fraction of sp³-hybridized carbons (Fsp3) is 0.250. The lowest BCUT2D eigenvalue weighted by molar-refractivity contribution is -0.138. The van der Waals surface area contributed by atoms with Crippen LogP contribution < -0.4 is 5.56 Å². The lowest BCUT2D eigenvalue weighted by Crippen LogP contribution is -2.21. The van der Waals surface area contributed by atoms with Crippen molar-refractivity contribution in [1.82, 2.24) is 9.55 Å². The summed E-state index contributed by atoms with van der Waals surface area (Å²) in [6.07, 6.45) is 3.23. The zero-order valence-electron chi connectivity index (χ0n) is 13.7. The molecule has 2 aromatic rings. The van der Waals surface area contributed by atoms with Gasteiger partial charge in [0.2, 0.25) is 5.88 Å².